The van der Waals surface area contributed by atoms with Crippen LogP contribution in [0.2, 0.25) is 0 Å². The van der Waals surface area contributed by atoms with Crippen molar-refractivity contribution in [2.75, 3.05) is 5.75 Å². The van der Waals surface area contributed by atoms with Crippen LogP contribution in [0.3, 0.4) is 0 Å². The van der Waals surface area contributed by atoms with E-state index in [-0.39, 0.29) is 6.10 Å². The zero-order valence-electron chi connectivity index (χ0n) is 12.4. The topological polar surface area (TPSA) is 20.2 Å². The average molecular weight is 286 g/mol. The van der Waals surface area contributed by atoms with Gasteiger partial charge in [-0.15, -0.1) is 11.8 Å². The molecule has 0 heterocycles. The van der Waals surface area contributed by atoms with Crippen molar-refractivity contribution in [3.05, 3.63) is 64.7 Å². The van der Waals surface area contributed by atoms with Crippen LogP contribution in [-0.2, 0) is 6.42 Å². The van der Waals surface area contributed by atoms with Gasteiger partial charge in [-0.2, -0.15) is 0 Å². The minimum absolute atomic E-state index is 0.304. The standard InChI is InChI=1S/C18H22OS/c1-13-5-4-6-18(10-13)20-12-17(19)11-16-8-14(2)7-15(3)9-16/h4-10,17,19H,11-12H2,1-3H3. The van der Waals surface area contributed by atoms with Crippen molar-refractivity contribution in [3.8, 4) is 0 Å². The monoisotopic (exact) mass is 286 g/mol. The third kappa shape index (κ3) is 4.69. The van der Waals surface area contributed by atoms with Crippen LogP contribution in [-0.4, -0.2) is 17.0 Å². The third-order valence-electron chi connectivity index (χ3n) is 3.18. The molecule has 0 saturated heterocycles. The number of aryl methyl sites for hydroxylation is 3. The minimum atomic E-state index is -0.304. The predicted octanol–water partition coefficient (Wildman–Crippen LogP) is 4.31. The molecule has 2 aromatic rings. The molecule has 0 saturated carbocycles. The Labute approximate surface area is 126 Å². The molecule has 1 N–H and O–H groups in total. The van der Waals surface area contributed by atoms with Crippen molar-refractivity contribution < 1.29 is 5.11 Å². The molecule has 0 bridgehead atoms. The molecule has 0 fully saturated rings. The summed E-state index contributed by atoms with van der Waals surface area (Å²) in [5, 5.41) is 10.2. The summed E-state index contributed by atoms with van der Waals surface area (Å²) in [7, 11) is 0. The summed E-state index contributed by atoms with van der Waals surface area (Å²) in [4.78, 5) is 1.23. The Morgan fingerprint density at radius 3 is 2.30 bits per heavy atom. The van der Waals surface area contributed by atoms with Crippen molar-refractivity contribution in [2.24, 2.45) is 0 Å². The number of benzene rings is 2. The first-order valence-corrected chi connectivity index (χ1v) is 7.96. The highest BCUT2D eigenvalue weighted by Crippen LogP contribution is 2.21. The van der Waals surface area contributed by atoms with Crippen molar-refractivity contribution in [3.63, 3.8) is 0 Å². The van der Waals surface area contributed by atoms with Gasteiger partial charge in [0.25, 0.3) is 0 Å². The van der Waals surface area contributed by atoms with Gasteiger partial charge in [-0.25, -0.2) is 0 Å². The molecule has 1 unspecified atom stereocenters. The highest BCUT2D eigenvalue weighted by molar-refractivity contribution is 7.99. The van der Waals surface area contributed by atoms with Gasteiger partial charge in [0.2, 0.25) is 0 Å². The third-order valence-corrected chi connectivity index (χ3v) is 4.32. The molecule has 1 atom stereocenters. The second-order valence-corrected chi connectivity index (χ2v) is 6.57. The largest absolute Gasteiger partial charge is 0.392 e. The van der Waals surface area contributed by atoms with Gasteiger partial charge < -0.3 is 5.11 Å². The molecule has 2 aromatic carbocycles. The fourth-order valence-corrected chi connectivity index (χ4v) is 3.36. The van der Waals surface area contributed by atoms with Gasteiger partial charge >= 0.3 is 0 Å². The van der Waals surface area contributed by atoms with Gasteiger partial charge in [0.15, 0.2) is 0 Å². The summed E-state index contributed by atoms with van der Waals surface area (Å²) in [6.45, 7) is 6.30. The summed E-state index contributed by atoms with van der Waals surface area (Å²) in [6, 6.07) is 14.9. The zero-order valence-corrected chi connectivity index (χ0v) is 13.2. The molecule has 0 aromatic heterocycles. The highest BCUT2D eigenvalue weighted by atomic mass is 32.2. The second-order valence-electron chi connectivity index (χ2n) is 5.48. The summed E-state index contributed by atoms with van der Waals surface area (Å²) >= 11 is 1.72. The van der Waals surface area contributed by atoms with Gasteiger partial charge in [0.05, 0.1) is 6.10 Å². The summed E-state index contributed by atoms with van der Waals surface area (Å²) in [6.07, 6.45) is 0.420. The molecule has 1 nitrogen and oxygen atoms in total. The minimum Gasteiger partial charge on any atom is -0.392 e. The fourth-order valence-electron chi connectivity index (χ4n) is 2.42. The van der Waals surface area contributed by atoms with Crippen LogP contribution in [0.5, 0.6) is 0 Å². The lowest BCUT2D eigenvalue weighted by Crippen LogP contribution is -2.13. The molecule has 0 amide bonds. The molecule has 0 aliphatic carbocycles. The fraction of sp³-hybridized carbons (Fsp3) is 0.333. The number of thioether (sulfide) groups is 1. The summed E-state index contributed by atoms with van der Waals surface area (Å²) in [5.74, 6) is 0.733. The lowest BCUT2D eigenvalue weighted by molar-refractivity contribution is 0.200. The van der Waals surface area contributed by atoms with Crippen LogP contribution in [0.25, 0.3) is 0 Å². The molecular formula is C18H22OS. The molecular weight excluding hydrogens is 264 g/mol. The van der Waals surface area contributed by atoms with E-state index in [4.69, 9.17) is 0 Å². The first-order valence-electron chi connectivity index (χ1n) is 6.97. The maximum atomic E-state index is 10.2. The number of hydrogen-bond donors (Lipinski definition) is 1. The lowest BCUT2D eigenvalue weighted by Gasteiger charge is -2.12. The van der Waals surface area contributed by atoms with Gasteiger partial charge in [-0.1, -0.05) is 47.0 Å². The van der Waals surface area contributed by atoms with E-state index in [0.717, 1.165) is 12.2 Å². The number of hydrogen-bond acceptors (Lipinski definition) is 2. The zero-order chi connectivity index (χ0) is 14.5. The maximum Gasteiger partial charge on any atom is 0.0674 e. The highest BCUT2D eigenvalue weighted by Gasteiger charge is 2.07. The number of aliphatic hydroxyl groups is 1. The smallest absolute Gasteiger partial charge is 0.0674 e. The first-order chi connectivity index (χ1) is 9.52. The van der Waals surface area contributed by atoms with Crippen LogP contribution in [0.4, 0.5) is 0 Å². The van der Waals surface area contributed by atoms with E-state index in [2.05, 4.69) is 63.2 Å². The van der Waals surface area contributed by atoms with Crippen LogP contribution >= 0.6 is 11.8 Å². The molecule has 0 aliphatic rings. The van der Waals surface area contributed by atoms with Crippen molar-refractivity contribution in [1.82, 2.24) is 0 Å². The van der Waals surface area contributed by atoms with Gasteiger partial charge in [-0.05, 0) is 44.9 Å². The molecule has 20 heavy (non-hydrogen) atoms. The average Bonchev–Trinajstić information content (AvgIpc) is 2.35. The van der Waals surface area contributed by atoms with Gasteiger partial charge in [-0.3, -0.25) is 0 Å². The maximum absolute atomic E-state index is 10.2. The Balaban J connectivity index is 1.90. The summed E-state index contributed by atoms with van der Waals surface area (Å²) in [5.41, 5.74) is 5.01. The van der Waals surface area contributed by atoms with Crippen LogP contribution in [0.1, 0.15) is 22.3 Å². The second kappa shape index (κ2) is 6.96. The normalized spacial score (nSPS) is 12.4. The van der Waals surface area contributed by atoms with E-state index in [0.29, 0.717) is 0 Å². The predicted molar refractivity (Wildman–Crippen MR) is 87.5 cm³/mol. The Hall–Kier alpha value is -1.25. The van der Waals surface area contributed by atoms with Gasteiger partial charge in [0.1, 0.15) is 0 Å². The molecule has 2 rings (SSSR count). The quantitative estimate of drug-likeness (QED) is 0.827. The molecule has 2 heteroatoms. The van der Waals surface area contributed by atoms with Crippen LogP contribution in [0, 0.1) is 20.8 Å². The van der Waals surface area contributed by atoms with Gasteiger partial charge in [0, 0.05) is 10.6 Å². The van der Waals surface area contributed by atoms with Crippen LogP contribution < -0.4 is 0 Å². The van der Waals surface area contributed by atoms with E-state index in [1.54, 1.807) is 11.8 Å². The Morgan fingerprint density at radius 1 is 0.950 bits per heavy atom. The van der Waals surface area contributed by atoms with Crippen molar-refractivity contribution >= 4 is 11.8 Å². The molecule has 0 radical (unpaired) electrons. The van der Waals surface area contributed by atoms with Crippen molar-refractivity contribution in [1.29, 1.82) is 0 Å². The molecule has 106 valence electrons. The van der Waals surface area contributed by atoms with Crippen molar-refractivity contribution in [2.45, 2.75) is 38.2 Å². The van der Waals surface area contributed by atoms with E-state index >= 15 is 0 Å². The Morgan fingerprint density at radius 2 is 1.65 bits per heavy atom. The Bertz CT molecular complexity index is 557. The lowest BCUT2D eigenvalue weighted by atomic mass is 10.0. The molecule has 0 aliphatic heterocycles. The van der Waals surface area contributed by atoms with Crippen LogP contribution in [0.15, 0.2) is 47.4 Å². The Kier molecular flexibility index (Phi) is 5.27. The van der Waals surface area contributed by atoms with E-state index in [1.807, 2.05) is 0 Å². The SMILES string of the molecule is Cc1cc(C)cc(CC(O)CSc2cccc(C)c2)c1. The first kappa shape index (κ1) is 15.1. The van der Waals surface area contributed by atoms with E-state index in [9.17, 15) is 5.11 Å². The van der Waals surface area contributed by atoms with E-state index < -0.39 is 0 Å². The summed E-state index contributed by atoms with van der Waals surface area (Å²) < 4.78 is 0. The number of aliphatic hydroxyl groups excluding tert-OH is 1. The molecule has 0 spiro atoms. The van der Waals surface area contributed by atoms with E-state index in [1.165, 1.54) is 27.1 Å². The number of rotatable bonds is 5.